The standard InChI is InChI=1S/C15H27N3O2.ClH/c1-12(2)15(20)18-8-4-7-17(9-10-18)14(19)11-13-5-3-6-16-13;/h12-13,16H,3-11H2,1-2H3;1H. The molecule has 0 bridgehead atoms. The van der Waals surface area contributed by atoms with Crippen LogP contribution in [0.4, 0.5) is 0 Å². The molecule has 0 spiro atoms. The molecular weight excluding hydrogens is 290 g/mol. The average molecular weight is 318 g/mol. The van der Waals surface area contributed by atoms with Gasteiger partial charge in [-0.3, -0.25) is 9.59 Å². The summed E-state index contributed by atoms with van der Waals surface area (Å²) >= 11 is 0. The molecule has 2 amide bonds. The van der Waals surface area contributed by atoms with Gasteiger partial charge in [0.25, 0.3) is 0 Å². The summed E-state index contributed by atoms with van der Waals surface area (Å²) in [5, 5.41) is 3.37. The number of carbonyl (C=O) groups excluding carboxylic acids is 2. The second kappa shape index (κ2) is 8.59. The molecule has 0 aromatic carbocycles. The minimum absolute atomic E-state index is 0. The van der Waals surface area contributed by atoms with Crippen molar-refractivity contribution in [3.05, 3.63) is 0 Å². The van der Waals surface area contributed by atoms with Crippen molar-refractivity contribution in [3.63, 3.8) is 0 Å². The Kier molecular flexibility index (Phi) is 7.46. The predicted molar refractivity (Wildman–Crippen MR) is 85.5 cm³/mol. The number of amides is 2. The molecule has 0 aromatic rings. The molecule has 0 saturated carbocycles. The summed E-state index contributed by atoms with van der Waals surface area (Å²) in [7, 11) is 0. The molecule has 1 N–H and O–H groups in total. The lowest BCUT2D eigenvalue weighted by Crippen LogP contribution is -2.40. The molecule has 122 valence electrons. The SMILES string of the molecule is CC(C)C(=O)N1CCCN(C(=O)CC2CCCN2)CC1.Cl. The van der Waals surface area contributed by atoms with Gasteiger partial charge in [0.05, 0.1) is 0 Å². The van der Waals surface area contributed by atoms with Gasteiger partial charge in [-0.05, 0) is 25.8 Å². The monoisotopic (exact) mass is 317 g/mol. The van der Waals surface area contributed by atoms with Crippen LogP contribution in [-0.2, 0) is 9.59 Å². The molecule has 5 nitrogen and oxygen atoms in total. The number of hydrogen-bond acceptors (Lipinski definition) is 3. The van der Waals surface area contributed by atoms with E-state index in [9.17, 15) is 9.59 Å². The number of rotatable bonds is 3. The third-order valence-corrected chi connectivity index (χ3v) is 4.24. The minimum atomic E-state index is 0. The summed E-state index contributed by atoms with van der Waals surface area (Å²) in [5.74, 6) is 0.486. The van der Waals surface area contributed by atoms with Gasteiger partial charge in [-0.25, -0.2) is 0 Å². The fourth-order valence-electron chi connectivity index (χ4n) is 3.02. The van der Waals surface area contributed by atoms with Crippen LogP contribution in [0.1, 0.15) is 39.5 Å². The van der Waals surface area contributed by atoms with E-state index >= 15 is 0 Å². The van der Waals surface area contributed by atoms with Gasteiger partial charge in [0, 0.05) is 44.6 Å². The zero-order valence-corrected chi connectivity index (χ0v) is 14.0. The van der Waals surface area contributed by atoms with E-state index in [0.29, 0.717) is 25.6 Å². The Hall–Kier alpha value is -0.810. The van der Waals surface area contributed by atoms with E-state index in [1.165, 1.54) is 6.42 Å². The fourth-order valence-corrected chi connectivity index (χ4v) is 3.02. The van der Waals surface area contributed by atoms with E-state index in [1.807, 2.05) is 23.6 Å². The topological polar surface area (TPSA) is 52.7 Å². The quantitative estimate of drug-likeness (QED) is 0.853. The van der Waals surface area contributed by atoms with Crippen molar-refractivity contribution in [1.82, 2.24) is 15.1 Å². The first kappa shape index (κ1) is 18.2. The predicted octanol–water partition coefficient (Wildman–Crippen LogP) is 1.27. The molecule has 0 radical (unpaired) electrons. The number of carbonyl (C=O) groups is 2. The molecule has 2 heterocycles. The largest absolute Gasteiger partial charge is 0.341 e. The van der Waals surface area contributed by atoms with Crippen molar-refractivity contribution in [2.24, 2.45) is 5.92 Å². The Bertz CT molecular complexity index is 357. The molecule has 6 heteroatoms. The summed E-state index contributed by atoms with van der Waals surface area (Å²) in [5.41, 5.74) is 0. The molecular formula is C15H28ClN3O2. The average Bonchev–Trinajstić information content (AvgIpc) is 2.79. The van der Waals surface area contributed by atoms with Gasteiger partial charge < -0.3 is 15.1 Å². The maximum Gasteiger partial charge on any atom is 0.225 e. The highest BCUT2D eigenvalue weighted by Gasteiger charge is 2.25. The van der Waals surface area contributed by atoms with Crippen LogP contribution in [0, 0.1) is 5.92 Å². The molecule has 2 aliphatic heterocycles. The normalized spacial score (nSPS) is 22.9. The highest BCUT2D eigenvalue weighted by Crippen LogP contribution is 2.13. The summed E-state index contributed by atoms with van der Waals surface area (Å²) in [6.07, 6.45) is 3.78. The molecule has 21 heavy (non-hydrogen) atoms. The molecule has 0 aliphatic carbocycles. The van der Waals surface area contributed by atoms with Crippen LogP contribution < -0.4 is 5.32 Å². The number of nitrogens with zero attached hydrogens (tertiary/aromatic N) is 2. The highest BCUT2D eigenvalue weighted by atomic mass is 35.5. The van der Waals surface area contributed by atoms with E-state index in [2.05, 4.69) is 5.32 Å². The molecule has 1 unspecified atom stereocenters. The minimum Gasteiger partial charge on any atom is -0.341 e. The van der Waals surface area contributed by atoms with Crippen LogP contribution in [0.15, 0.2) is 0 Å². The maximum atomic E-state index is 12.3. The lowest BCUT2D eigenvalue weighted by Gasteiger charge is -2.24. The van der Waals surface area contributed by atoms with Crippen molar-refractivity contribution in [2.45, 2.75) is 45.6 Å². The molecule has 2 rings (SSSR count). The van der Waals surface area contributed by atoms with Gasteiger partial charge in [-0.1, -0.05) is 13.8 Å². The van der Waals surface area contributed by atoms with E-state index in [0.717, 1.165) is 32.5 Å². The summed E-state index contributed by atoms with van der Waals surface area (Å²) in [4.78, 5) is 28.2. The van der Waals surface area contributed by atoms with E-state index in [-0.39, 0.29) is 30.1 Å². The first-order chi connectivity index (χ1) is 9.58. The van der Waals surface area contributed by atoms with Crippen molar-refractivity contribution >= 4 is 24.2 Å². The first-order valence-electron chi connectivity index (χ1n) is 7.88. The Morgan fingerprint density at radius 1 is 1.10 bits per heavy atom. The third kappa shape index (κ3) is 5.15. The van der Waals surface area contributed by atoms with Crippen LogP contribution in [0.2, 0.25) is 0 Å². The van der Waals surface area contributed by atoms with Gasteiger partial charge >= 0.3 is 0 Å². The summed E-state index contributed by atoms with van der Waals surface area (Å²) in [6, 6.07) is 0.360. The Balaban J connectivity index is 0.00000220. The zero-order valence-electron chi connectivity index (χ0n) is 13.1. The molecule has 0 aromatic heterocycles. The van der Waals surface area contributed by atoms with Gasteiger partial charge in [-0.15, -0.1) is 12.4 Å². The molecule has 2 aliphatic rings. The van der Waals surface area contributed by atoms with Gasteiger partial charge in [0.1, 0.15) is 0 Å². The maximum absolute atomic E-state index is 12.3. The Labute approximate surface area is 133 Å². The Morgan fingerprint density at radius 2 is 1.76 bits per heavy atom. The smallest absolute Gasteiger partial charge is 0.225 e. The van der Waals surface area contributed by atoms with Crippen LogP contribution in [-0.4, -0.2) is 60.4 Å². The van der Waals surface area contributed by atoms with Gasteiger partial charge in [0.2, 0.25) is 11.8 Å². The van der Waals surface area contributed by atoms with Crippen LogP contribution in [0.25, 0.3) is 0 Å². The first-order valence-corrected chi connectivity index (χ1v) is 7.88. The molecule has 2 saturated heterocycles. The third-order valence-electron chi connectivity index (χ3n) is 4.24. The van der Waals surface area contributed by atoms with Crippen molar-refractivity contribution in [1.29, 1.82) is 0 Å². The second-order valence-corrected chi connectivity index (χ2v) is 6.21. The number of halogens is 1. The lowest BCUT2D eigenvalue weighted by atomic mass is 10.1. The van der Waals surface area contributed by atoms with Crippen molar-refractivity contribution in [3.8, 4) is 0 Å². The summed E-state index contributed by atoms with van der Waals surface area (Å²) < 4.78 is 0. The number of nitrogens with one attached hydrogen (secondary N) is 1. The van der Waals surface area contributed by atoms with Crippen molar-refractivity contribution < 1.29 is 9.59 Å². The van der Waals surface area contributed by atoms with Crippen LogP contribution in [0.3, 0.4) is 0 Å². The second-order valence-electron chi connectivity index (χ2n) is 6.21. The zero-order chi connectivity index (χ0) is 14.5. The van der Waals surface area contributed by atoms with E-state index in [4.69, 9.17) is 0 Å². The highest BCUT2D eigenvalue weighted by molar-refractivity contribution is 5.85. The summed E-state index contributed by atoms with van der Waals surface area (Å²) in [6.45, 7) is 7.83. The molecule has 1 atom stereocenters. The van der Waals surface area contributed by atoms with Crippen LogP contribution in [0.5, 0.6) is 0 Å². The van der Waals surface area contributed by atoms with E-state index < -0.39 is 0 Å². The lowest BCUT2D eigenvalue weighted by molar-refractivity contribution is -0.135. The van der Waals surface area contributed by atoms with E-state index in [1.54, 1.807) is 0 Å². The van der Waals surface area contributed by atoms with Gasteiger partial charge in [0.15, 0.2) is 0 Å². The molecule has 2 fully saturated rings. The number of hydrogen-bond donors (Lipinski definition) is 1. The Morgan fingerprint density at radius 3 is 2.38 bits per heavy atom. The van der Waals surface area contributed by atoms with Gasteiger partial charge in [-0.2, -0.15) is 0 Å². The van der Waals surface area contributed by atoms with Crippen molar-refractivity contribution in [2.75, 3.05) is 32.7 Å². The fraction of sp³-hybridized carbons (Fsp3) is 0.867. The van der Waals surface area contributed by atoms with Crippen LogP contribution >= 0.6 is 12.4 Å².